The predicted octanol–water partition coefficient (Wildman–Crippen LogP) is 2.54. The van der Waals surface area contributed by atoms with Crippen LogP contribution in [0, 0.1) is 0 Å². The van der Waals surface area contributed by atoms with Gasteiger partial charge in [0, 0.05) is 10.4 Å². The van der Waals surface area contributed by atoms with Crippen LogP contribution in [0.15, 0.2) is 35.2 Å². The molecule has 1 atom stereocenters. The highest BCUT2D eigenvalue weighted by atomic mass is 35.5. The van der Waals surface area contributed by atoms with Crippen LogP contribution < -0.4 is 11.3 Å². The molecule has 0 fully saturated rings. The van der Waals surface area contributed by atoms with E-state index in [1.807, 2.05) is 29.6 Å². The molecule has 0 amide bonds. The molecule has 3 N–H and O–H groups in total. The smallest absolute Gasteiger partial charge is 0.0795 e. The minimum absolute atomic E-state index is 0.0321. The number of nitrogens with zero attached hydrogens (tertiary/aromatic N) is 1. The van der Waals surface area contributed by atoms with E-state index in [1.54, 1.807) is 16.8 Å². The van der Waals surface area contributed by atoms with Gasteiger partial charge in [-0.1, -0.05) is 23.7 Å². The molecule has 0 saturated carbocycles. The van der Waals surface area contributed by atoms with Crippen molar-refractivity contribution in [1.29, 1.82) is 0 Å². The van der Waals surface area contributed by atoms with Crippen LogP contribution >= 0.6 is 22.9 Å². The molecule has 84 valence electrons. The van der Waals surface area contributed by atoms with Gasteiger partial charge in [-0.3, -0.25) is 11.3 Å². The summed E-state index contributed by atoms with van der Waals surface area (Å²) in [6, 6.07) is 7.80. The Bertz CT molecular complexity index is 444. The number of benzene rings is 1. The van der Waals surface area contributed by atoms with Crippen molar-refractivity contribution >= 4 is 22.9 Å². The first kappa shape index (κ1) is 11.5. The number of nitrogens with one attached hydrogen (secondary N) is 1. The van der Waals surface area contributed by atoms with Crippen molar-refractivity contribution in [2.45, 2.75) is 12.5 Å². The molecule has 2 aromatic rings. The highest BCUT2D eigenvalue weighted by Crippen LogP contribution is 2.19. The fourth-order valence-corrected chi connectivity index (χ4v) is 2.36. The lowest BCUT2D eigenvalue weighted by molar-refractivity contribution is 0.541. The normalized spacial score (nSPS) is 12.6. The number of thiazole rings is 1. The van der Waals surface area contributed by atoms with E-state index < -0.39 is 0 Å². The molecule has 0 spiro atoms. The first-order valence-electron chi connectivity index (χ1n) is 4.88. The second kappa shape index (κ2) is 5.41. The second-order valence-corrected chi connectivity index (χ2v) is 4.62. The van der Waals surface area contributed by atoms with Crippen molar-refractivity contribution < 1.29 is 0 Å². The summed E-state index contributed by atoms with van der Waals surface area (Å²) >= 11 is 7.50. The summed E-state index contributed by atoms with van der Waals surface area (Å²) in [4.78, 5) is 4.25. The number of hydrazine groups is 1. The summed E-state index contributed by atoms with van der Waals surface area (Å²) in [7, 11) is 0. The molecule has 1 aromatic heterocycles. The van der Waals surface area contributed by atoms with Crippen LogP contribution in [0.3, 0.4) is 0 Å². The Kier molecular flexibility index (Phi) is 3.90. The lowest BCUT2D eigenvalue weighted by Crippen LogP contribution is -2.29. The third-order valence-electron chi connectivity index (χ3n) is 2.34. The summed E-state index contributed by atoms with van der Waals surface area (Å²) in [6.45, 7) is 0. The molecule has 5 heteroatoms. The van der Waals surface area contributed by atoms with Gasteiger partial charge in [0.1, 0.15) is 0 Å². The third-order valence-corrected chi connectivity index (χ3v) is 3.18. The van der Waals surface area contributed by atoms with Crippen molar-refractivity contribution in [1.82, 2.24) is 10.4 Å². The monoisotopic (exact) mass is 253 g/mol. The molecule has 16 heavy (non-hydrogen) atoms. The number of halogens is 1. The molecule has 0 aliphatic rings. The van der Waals surface area contributed by atoms with Crippen molar-refractivity contribution in [3.63, 3.8) is 0 Å². The molecule has 3 nitrogen and oxygen atoms in total. The van der Waals surface area contributed by atoms with Crippen molar-refractivity contribution in [3.8, 4) is 0 Å². The van der Waals surface area contributed by atoms with Gasteiger partial charge < -0.3 is 0 Å². The molecule has 0 aliphatic heterocycles. The van der Waals surface area contributed by atoms with Crippen LogP contribution in [0.25, 0.3) is 0 Å². The SMILES string of the molecule is NNC(Cc1cccc(Cl)c1)c1cscn1. The molecule has 1 unspecified atom stereocenters. The molecule has 1 heterocycles. The highest BCUT2D eigenvalue weighted by Gasteiger charge is 2.12. The van der Waals surface area contributed by atoms with Gasteiger partial charge in [0.2, 0.25) is 0 Å². The van der Waals surface area contributed by atoms with E-state index in [0.29, 0.717) is 0 Å². The van der Waals surface area contributed by atoms with Crippen LogP contribution in [0.2, 0.25) is 5.02 Å². The molecule has 2 rings (SSSR count). The van der Waals surface area contributed by atoms with Crippen molar-refractivity contribution in [2.75, 3.05) is 0 Å². The number of nitrogens with two attached hydrogens (primary N) is 1. The quantitative estimate of drug-likeness (QED) is 0.650. The van der Waals surface area contributed by atoms with Gasteiger partial charge in [-0.15, -0.1) is 11.3 Å². The number of hydrogen-bond acceptors (Lipinski definition) is 4. The van der Waals surface area contributed by atoms with Gasteiger partial charge in [-0.05, 0) is 24.1 Å². The van der Waals surface area contributed by atoms with Gasteiger partial charge >= 0.3 is 0 Å². The molecule has 0 saturated heterocycles. The van der Waals surface area contributed by atoms with Crippen molar-refractivity contribution in [2.24, 2.45) is 5.84 Å². The lowest BCUT2D eigenvalue weighted by atomic mass is 10.0. The summed E-state index contributed by atoms with van der Waals surface area (Å²) in [5.74, 6) is 5.53. The van der Waals surface area contributed by atoms with Crippen LogP contribution in [0.1, 0.15) is 17.3 Å². The Morgan fingerprint density at radius 2 is 2.38 bits per heavy atom. The Labute approximate surface area is 103 Å². The first-order valence-corrected chi connectivity index (χ1v) is 6.20. The predicted molar refractivity (Wildman–Crippen MR) is 67.3 cm³/mol. The average Bonchev–Trinajstić information content (AvgIpc) is 2.79. The summed E-state index contributed by atoms with van der Waals surface area (Å²) in [5.41, 5.74) is 6.68. The standard InChI is InChI=1S/C11H12ClN3S/c12-9-3-1-2-8(4-9)5-10(15-13)11-6-16-7-14-11/h1-4,6-7,10,15H,5,13H2. The Hall–Kier alpha value is -0.940. The van der Waals surface area contributed by atoms with E-state index in [9.17, 15) is 0 Å². The van der Waals surface area contributed by atoms with Crippen LogP contribution in [0.4, 0.5) is 0 Å². The van der Waals surface area contributed by atoms with E-state index in [-0.39, 0.29) is 6.04 Å². The lowest BCUT2D eigenvalue weighted by Gasteiger charge is -2.13. The zero-order valence-corrected chi connectivity index (χ0v) is 10.1. The van der Waals surface area contributed by atoms with E-state index in [1.165, 1.54) is 0 Å². The van der Waals surface area contributed by atoms with Crippen LogP contribution in [-0.4, -0.2) is 4.98 Å². The summed E-state index contributed by atoms with van der Waals surface area (Å²) < 4.78 is 0. The molecule has 1 aromatic carbocycles. The number of aromatic nitrogens is 1. The zero-order chi connectivity index (χ0) is 11.4. The maximum atomic E-state index is 5.93. The maximum Gasteiger partial charge on any atom is 0.0795 e. The summed E-state index contributed by atoms with van der Waals surface area (Å²) in [5, 5.41) is 2.74. The van der Waals surface area contributed by atoms with E-state index in [0.717, 1.165) is 22.7 Å². The number of hydrogen-bond donors (Lipinski definition) is 2. The zero-order valence-electron chi connectivity index (χ0n) is 8.56. The van der Waals surface area contributed by atoms with E-state index in [4.69, 9.17) is 17.4 Å². The maximum absolute atomic E-state index is 5.93. The minimum atomic E-state index is 0.0321. The molecular formula is C11H12ClN3S. The Balaban J connectivity index is 2.13. The van der Waals surface area contributed by atoms with Crippen molar-refractivity contribution in [3.05, 3.63) is 51.4 Å². The van der Waals surface area contributed by atoms with E-state index in [2.05, 4.69) is 10.4 Å². The second-order valence-electron chi connectivity index (χ2n) is 3.47. The van der Waals surface area contributed by atoms with Gasteiger partial charge in [0.05, 0.1) is 17.2 Å². The fourth-order valence-electron chi connectivity index (χ4n) is 1.54. The van der Waals surface area contributed by atoms with Gasteiger partial charge in [-0.25, -0.2) is 4.98 Å². The average molecular weight is 254 g/mol. The van der Waals surface area contributed by atoms with Crippen LogP contribution in [-0.2, 0) is 6.42 Å². The molecule has 0 radical (unpaired) electrons. The Morgan fingerprint density at radius 3 is 3.00 bits per heavy atom. The molecular weight excluding hydrogens is 242 g/mol. The Morgan fingerprint density at radius 1 is 1.50 bits per heavy atom. The van der Waals surface area contributed by atoms with Gasteiger partial charge in [0.25, 0.3) is 0 Å². The number of rotatable bonds is 4. The molecule has 0 bridgehead atoms. The van der Waals surface area contributed by atoms with Crippen LogP contribution in [0.5, 0.6) is 0 Å². The highest BCUT2D eigenvalue weighted by molar-refractivity contribution is 7.07. The first-order chi connectivity index (χ1) is 7.79. The topological polar surface area (TPSA) is 50.9 Å². The fraction of sp³-hybridized carbons (Fsp3) is 0.182. The van der Waals surface area contributed by atoms with Gasteiger partial charge in [0.15, 0.2) is 0 Å². The van der Waals surface area contributed by atoms with E-state index >= 15 is 0 Å². The third kappa shape index (κ3) is 2.80. The largest absolute Gasteiger partial charge is 0.271 e. The summed E-state index contributed by atoms with van der Waals surface area (Å²) in [6.07, 6.45) is 0.779. The van der Waals surface area contributed by atoms with Gasteiger partial charge in [-0.2, -0.15) is 0 Å². The molecule has 0 aliphatic carbocycles. The minimum Gasteiger partial charge on any atom is -0.271 e.